The van der Waals surface area contributed by atoms with E-state index < -0.39 is 16.9 Å². The van der Waals surface area contributed by atoms with Crippen molar-refractivity contribution in [3.63, 3.8) is 0 Å². The van der Waals surface area contributed by atoms with Crippen molar-refractivity contribution in [2.45, 2.75) is 0 Å². The van der Waals surface area contributed by atoms with Gasteiger partial charge >= 0.3 is 6.03 Å². The zero-order valence-electron chi connectivity index (χ0n) is 13.3. The Morgan fingerprint density at radius 3 is 2.62 bits per heavy atom. The normalized spacial score (nSPS) is 15.7. The second kappa shape index (κ2) is 7.20. The summed E-state index contributed by atoms with van der Waals surface area (Å²) >= 11 is 5.90. The number of anilines is 1. The number of hydrogen-bond acceptors (Lipinski definition) is 4. The number of hydrogen-bond donors (Lipinski definition) is 1. The summed E-state index contributed by atoms with van der Waals surface area (Å²) in [5, 5.41) is 13.9. The van der Waals surface area contributed by atoms with E-state index in [0.717, 1.165) is 4.90 Å². The monoisotopic (exact) mass is 369 g/mol. The number of nitrogens with one attached hydrogen (secondary N) is 1. The molecule has 1 aliphatic rings. The molecule has 1 heterocycles. The van der Waals surface area contributed by atoms with Crippen LogP contribution < -0.4 is 10.2 Å². The molecular weight excluding hydrogens is 358 g/mol. The van der Waals surface area contributed by atoms with Crippen molar-refractivity contribution in [1.29, 1.82) is 0 Å². The SMILES string of the molecule is O=C1N/C(=C/C=C/c2ccccc2[N+](=O)[O-])C(=O)N1c1cccc(Cl)c1. The van der Waals surface area contributed by atoms with Gasteiger partial charge in [-0.25, -0.2) is 9.69 Å². The first kappa shape index (κ1) is 17.4. The third-order valence-electron chi connectivity index (χ3n) is 3.62. The number of carbonyl (C=O) groups is 2. The third kappa shape index (κ3) is 3.47. The molecule has 7 nitrogen and oxygen atoms in total. The quantitative estimate of drug-likeness (QED) is 0.383. The molecule has 0 bridgehead atoms. The predicted octanol–water partition coefficient (Wildman–Crippen LogP) is 3.90. The van der Waals surface area contributed by atoms with E-state index in [4.69, 9.17) is 11.6 Å². The maximum absolute atomic E-state index is 12.4. The highest BCUT2D eigenvalue weighted by Gasteiger charge is 2.34. The number of carbonyl (C=O) groups excluding carboxylic acids is 2. The molecule has 0 radical (unpaired) electrons. The number of rotatable bonds is 4. The van der Waals surface area contributed by atoms with E-state index in [-0.39, 0.29) is 11.4 Å². The Balaban J connectivity index is 1.84. The smallest absolute Gasteiger partial charge is 0.302 e. The third-order valence-corrected chi connectivity index (χ3v) is 3.85. The van der Waals surface area contributed by atoms with Crippen molar-refractivity contribution in [3.05, 3.63) is 87.1 Å². The maximum Gasteiger partial charge on any atom is 0.333 e. The van der Waals surface area contributed by atoms with Gasteiger partial charge in [0.1, 0.15) is 5.70 Å². The fourth-order valence-electron chi connectivity index (χ4n) is 2.44. The minimum atomic E-state index is -0.595. The van der Waals surface area contributed by atoms with Gasteiger partial charge in [-0.1, -0.05) is 35.9 Å². The summed E-state index contributed by atoms with van der Waals surface area (Å²) in [5.41, 5.74) is 0.748. The average molecular weight is 370 g/mol. The number of allylic oxidation sites excluding steroid dienone is 2. The van der Waals surface area contributed by atoms with Gasteiger partial charge in [0.25, 0.3) is 11.6 Å². The molecule has 0 aromatic heterocycles. The van der Waals surface area contributed by atoms with Crippen molar-refractivity contribution in [1.82, 2.24) is 5.32 Å². The van der Waals surface area contributed by atoms with Crippen LogP contribution in [0.2, 0.25) is 5.02 Å². The Morgan fingerprint density at radius 2 is 1.88 bits per heavy atom. The van der Waals surface area contributed by atoms with Gasteiger partial charge in [0.05, 0.1) is 16.2 Å². The lowest BCUT2D eigenvalue weighted by molar-refractivity contribution is -0.385. The second-order valence-corrected chi connectivity index (χ2v) is 5.74. The van der Waals surface area contributed by atoms with Gasteiger partial charge in [-0.2, -0.15) is 0 Å². The van der Waals surface area contributed by atoms with Crippen molar-refractivity contribution in [3.8, 4) is 0 Å². The molecule has 0 saturated carbocycles. The van der Waals surface area contributed by atoms with Crippen molar-refractivity contribution < 1.29 is 14.5 Å². The molecule has 8 heteroatoms. The zero-order valence-corrected chi connectivity index (χ0v) is 14.0. The molecule has 1 aliphatic heterocycles. The fraction of sp³-hybridized carbons (Fsp3) is 0. The largest absolute Gasteiger partial charge is 0.333 e. The van der Waals surface area contributed by atoms with Crippen LogP contribution in [0, 0.1) is 10.1 Å². The van der Waals surface area contributed by atoms with Gasteiger partial charge in [0.2, 0.25) is 0 Å². The molecule has 26 heavy (non-hydrogen) atoms. The predicted molar refractivity (Wildman–Crippen MR) is 97.7 cm³/mol. The molecule has 2 aromatic carbocycles. The maximum atomic E-state index is 12.4. The lowest BCUT2D eigenvalue weighted by Gasteiger charge is -2.11. The van der Waals surface area contributed by atoms with Gasteiger partial charge in [0, 0.05) is 11.1 Å². The Labute approximate surface area is 153 Å². The van der Waals surface area contributed by atoms with Crippen LogP contribution in [-0.4, -0.2) is 16.9 Å². The molecule has 0 atom stereocenters. The molecule has 0 spiro atoms. The molecule has 1 saturated heterocycles. The first-order valence-corrected chi connectivity index (χ1v) is 7.88. The number of amides is 3. The Bertz CT molecular complexity index is 968. The van der Waals surface area contributed by atoms with Crippen LogP contribution in [0.25, 0.3) is 6.08 Å². The van der Waals surface area contributed by atoms with Gasteiger partial charge in [0.15, 0.2) is 0 Å². The Hall–Kier alpha value is -3.45. The lowest BCUT2D eigenvalue weighted by Crippen LogP contribution is -2.30. The summed E-state index contributed by atoms with van der Waals surface area (Å²) in [6, 6.07) is 12.0. The Kier molecular flexibility index (Phi) is 4.81. The van der Waals surface area contributed by atoms with Gasteiger partial charge < -0.3 is 5.32 Å². The number of halogens is 1. The van der Waals surface area contributed by atoms with E-state index in [1.807, 2.05) is 0 Å². The first-order valence-electron chi connectivity index (χ1n) is 7.50. The van der Waals surface area contributed by atoms with Crippen LogP contribution in [0.4, 0.5) is 16.2 Å². The number of para-hydroxylation sites is 1. The molecule has 0 unspecified atom stereocenters. The standard InChI is InChI=1S/C18H12ClN3O4/c19-13-7-4-8-14(11-13)21-17(23)15(20-18(21)24)9-3-6-12-5-1-2-10-16(12)22(25)26/h1-11H,(H,20,24)/b6-3+,15-9+. The van der Waals surface area contributed by atoms with Crippen LogP contribution in [0.15, 0.2) is 66.4 Å². The van der Waals surface area contributed by atoms with Gasteiger partial charge in [-0.3, -0.25) is 14.9 Å². The first-order chi connectivity index (χ1) is 12.5. The topological polar surface area (TPSA) is 92.5 Å². The molecule has 3 amide bonds. The van der Waals surface area contributed by atoms with Crippen molar-refractivity contribution in [2.24, 2.45) is 0 Å². The molecule has 1 fully saturated rings. The van der Waals surface area contributed by atoms with E-state index in [9.17, 15) is 19.7 Å². The number of nitro groups is 1. The number of nitrogens with zero attached hydrogens (tertiary/aromatic N) is 2. The van der Waals surface area contributed by atoms with Crippen LogP contribution in [-0.2, 0) is 4.79 Å². The fourth-order valence-corrected chi connectivity index (χ4v) is 2.63. The van der Waals surface area contributed by atoms with E-state index in [1.165, 1.54) is 30.4 Å². The molecular formula is C18H12ClN3O4. The van der Waals surface area contributed by atoms with E-state index >= 15 is 0 Å². The van der Waals surface area contributed by atoms with Crippen molar-refractivity contribution in [2.75, 3.05) is 4.90 Å². The Morgan fingerprint density at radius 1 is 1.12 bits per heavy atom. The highest BCUT2D eigenvalue weighted by atomic mass is 35.5. The van der Waals surface area contributed by atoms with Crippen LogP contribution in [0.1, 0.15) is 5.56 Å². The van der Waals surface area contributed by atoms with E-state index in [1.54, 1.807) is 36.4 Å². The summed E-state index contributed by atoms with van der Waals surface area (Å²) < 4.78 is 0. The van der Waals surface area contributed by atoms with Crippen LogP contribution in [0.3, 0.4) is 0 Å². The highest BCUT2D eigenvalue weighted by molar-refractivity contribution is 6.32. The highest BCUT2D eigenvalue weighted by Crippen LogP contribution is 2.24. The van der Waals surface area contributed by atoms with Crippen LogP contribution >= 0.6 is 11.6 Å². The number of nitro benzene ring substituents is 1. The minimum absolute atomic E-state index is 0.0514. The number of imide groups is 1. The summed E-state index contributed by atoms with van der Waals surface area (Å²) in [6.45, 7) is 0. The summed E-state index contributed by atoms with van der Waals surface area (Å²) in [4.78, 5) is 36.0. The molecule has 1 N–H and O–H groups in total. The van der Waals surface area contributed by atoms with Gasteiger partial charge in [-0.05, 0) is 36.4 Å². The molecule has 3 rings (SSSR count). The average Bonchev–Trinajstić information content (AvgIpc) is 2.89. The lowest BCUT2D eigenvalue weighted by atomic mass is 10.1. The second-order valence-electron chi connectivity index (χ2n) is 5.31. The summed E-state index contributed by atoms with van der Waals surface area (Å²) in [7, 11) is 0. The van der Waals surface area contributed by atoms with Crippen molar-refractivity contribution >= 4 is 41.0 Å². The van der Waals surface area contributed by atoms with E-state index in [0.29, 0.717) is 16.3 Å². The zero-order chi connectivity index (χ0) is 18.7. The summed E-state index contributed by atoms with van der Waals surface area (Å²) in [6.07, 6.45) is 4.35. The van der Waals surface area contributed by atoms with Crippen LogP contribution in [0.5, 0.6) is 0 Å². The van der Waals surface area contributed by atoms with Gasteiger partial charge in [-0.15, -0.1) is 0 Å². The minimum Gasteiger partial charge on any atom is -0.302 e. The molecule has 0 aliphatic carbocycles. The number of urea groups is 1. The molecule has 2 aromatic rings. The molecule has 130 valence electrons. The van der Waals surface area contributed by atoms with E-state index in [2.05, 4.69) is 5.32 Å². The summed E-state index contributed by atoms with van der Waals surface area (Å²) in [5.74, 6) is -0.538. The number of benzene rings is 2.